The third kappa shape index (κ3) is 1.76. The van der Waals surface area contributed by atoms with Crippen molar-refractivity contribution in [2.45, 2.75) is 44.6 Å². The second kappa shape index (κ2) is 4.38. The number of piperidine rings is 1. The molecule has 4 heteroatoms. The Morgan fingerprint density at radius 2 is 2.25 bits per heavy atom. The second-order valence-electron chi connectivity index (χ2n) is 4.86. The predicted molar refractivity (Wildman–Crippen MR) is 65.0 cm³/mol. The van der Waals surface area contributed by atoms with Crippen LogP contribution < -0.4 is 5.32 Å². The fraction of sp³-hybridized carbons (Fsp3) is 0.750. The van der Waals surface area contributed by atoms with Gasteiger partial charge in [-0.2, -0.15) is 0 Å². The number of halogens is 1. The van der Waals surface area contributed by atoms with E-state index in [-0.39, 0.29) is 0 Å². The summed E-state index contributed by atoms with van der Waals surface area (Å²) in [6, 6.07) is 0. The van der Waals surface area contributed by atoms with Crippen molar-refractivity contribution in [2.24, 2.45) is 0 Å². The Bertz CT molecular complexity index is 380. The smallest absolute Gasteiger partial charge is 0.132 e. The minimum Gasteiger partial charge on any atom is -0.319 e. The molecule has 1 N–H and O–H groups in total. The lowest BCUT2D eigenvalue weighted by Gasteiger charge is -2.21. The highest BCUT2D eigenvalue weighted by Gasteiger charge is 2.25. The third-order valence-corrected chi connectivity index (χ3v) is 4.12. The van der Waals surface area contributed by atoms with E-state index < -0.39 is 0 Å². The van der Waals surface area contributed by atoms with Gasteiger partial charge in [0.1, 0.15) is 11.0 Å². The summed E-state index contributed by atoms with van der Waals surface area (Å²) >= 11 is 6.45. The van der Waals surface area contributed by atoms with Crippen LogP contribution in [-0.2, 0) is 13.0 Å². The van der Waals surface area contributed by atoms with E-state index in [1.807, 2.05) is 0 Å². The van der Waals surface area contributed by atoms with Crippen LogP contribution in [0.3, 0.4) is 0 Å². The van der Waals surface area contributed by atoms with Crippen molar-refractivity contribution in [1.29, 1.82) is 0 Å². The quantitative estimate of drug-likeness (QED) is 0.815. The largest absolute Gasteiger partial charge is 0.319 e. The van der Waals surface area contributed by atoms with Gasteiger partial charge in [0.15, 0.2) is 0 Å². The van der Waals surface area contributed by atoms with Gasteiger partial charge < -0.3 is 9.88 Å². The monoisotopic (exact) mass is 239 g/mol. The first-order chi connectivity index (χ1) is 7.86. The Morgan fingerprint density at radius 3 is 3.00 bits per heavy atom. The van der Waals surface area contributed by atoms with Gasteiger partial charge in [0.2, 0.25) is 0 Å². The highest BCUT2D eigenvalue weighted by atomic mass is 35.5. The molecule has 2 aliphatic heterocycles. The van der Waals surface area contributed by atoms with Crippen molar-refractivity contribution in [3.63, 3.8) is 0 Å². The summed E-state index contributed by atoms with van der Waals surface area (Å²) in [6.45, 7) is 3.24. The molecular formula is C12H18ClN3. The maximum Gasteiger partial charge on any atom is 0.132 e. The zero-order chi connectivity index (χ0) is 11.0. The van der Waals surface area contributed by atoms with Gasteiger partial charge in [0.25, 0.3) is 0 Å². The maximum atomic E-state index is 6.45. The van der Waals surface area contributed by atoms with Crippen molar-refractivity contribution in [1.82, 2.24) is 14.9 Å². The van der Waals surface area contributed by atoms with Gasteiger partial charge >= 0.3 is 0 Å². The number of hydrogen-bond acceptors (Lipinski definition) is 2. The van der Waals surface area contributed by atoms with E-state index >= 15 is 0 Å². The third-order valence-electron chi connectivity index (χ3n) is 3.73. The summed E-state index contributed by atoms with van der Waals surface area (Å²) in [4.78, 5) is 4.77. The van der Waals surface area contributed by atoms with E-state index in [1.54, 1.807) is 0 Å². The highest BCUT2D eigenvalue weighted by molar-refractivity contribution is 6.30. The van der Waals surface area contributed by atoms with E-state index in [4.69, 9.17) is 16.6 Å². The van der Waals surface area contributed by atoms with E-state index in [1.165, 1.54) is 31.5 Å². The summed E-state index contributed by atoms with van der Waals surface area (Å²) in [5, 5.41) is 4.34. The average Bonchev–Trinajstić information content (AvgIpc) is 2.69. The van der Waals surface area contributed by atoms with Crippen LogP contribution in [0.1, 0.15) is 43.1 Å². The van der Waals surface area contributed by atoms with Crippen LogP contribution >= 0.6 is 11.6 Å². The van der Waals surface area contributed by atoms with Crippen molar-refractivity contribution in [3.8, 4) is 0 Å². The molecule has 3 rings (SSSR count). The molecule has 1 atom stereocenters. The first kappa shape index (κ1) is 10.6. The van der Waals surface area contributed by atoms with E-state index in [2.05, 4.69) is 9.88 Å². The Morgan fingerprint density at radius 1 is 1.31 bits per heavy atom. The van der Waals surface area contributed by atoms with Crippen LogP contribution in [0, 0.1) is 0 Å². The zero-order valence-electron chi connectivity index (χ0n) is 9.51. The molecule has 1 saturated heterocycles. The lowest BCUT2D eigenvalue weighted by molar-refractivity contribution is 0.455. The molecule has 1 fully saturated rings. The van der Waals surface area contributed by atoms with Gasteiger partial charge in [-0.25, -0.2) is 4.98 Å². The molecule has 0 aliphatic carbocycles. The maximum absolute atomic E-state index is 6.45. The SMILES string of the molecule is Clc1c(C2CCCNC2)nc2n1CCCC2. The second-order valence-corrected chi connectivity index (χ2v) is 5.21. The highest BCUT2D eigenvalue weighted by Crippen LogP contribution is 2.31. The first-order valence-electron chi connectivity index (χ1n) is 6.32. The van der Waals surface area contributed by atoms with Gasteiger partial charge in [-0.15, -0.1) is 0 Å². The molecule has 0 radical (unpaired) electrons. The summed E-state index contributed by atoms with van der Waals surface area (Å²) < 4.78 is 2.22. The summed E-state index contributed by atoms with van der Waals surface area (Å²) in [7, 11) is 0. The van der Waals surface area contributed by atoms with Gasteiger partial charge in [0, 0.05) is 25.4 Å². The fourth-order valence-electron chi connectivity index (χ4n) is 2.81. The molecule has 0 amide bonds. The molecule has 0 saturated carbocycles. The molecule has 1 aromatic rings. The molecule has 3 heterocycles. The lowest BCUT2D eigenvalue weighted by Crippen LogP contribution is -2.28. The predicted octanol–water partition coefficient (Wildman–Crippen LogP) is 2.34. The molecule has 1 unspecified atom stereocenters. The van der Waals surface area contributed by atoms with Crippen molar-refractivity contribution >= 4 is 11.6 Å². The minimum atomic E-state index is 0.527. The number of fused-ring (bicyclic) bond motifs is 1. The van der Waals surface area contributed by atoms with Crippen molar-refractivity contribution in [2.75, 3.05) is 13.1 Å². The lowest BCUT2D eigenvalue weighted by atomic mass is 9.97. The summed E-state index contributed by atoms with van der Waals surface area (Å²) in [6.07, 6.45) is 6.06. The number of aromatic nitrogens is 2. The standard InChI is InChI=1S/C12H18ClN3/c13-12-11(9-4-3-6-14-8-9)15-10-5-1-2-7-16(10)12/h9,14H,1-8H2. The number of rotatable bonds is 1. The van der Waals surface area contributed by atoms with Crippen LogP contribution in [0.15, 0.2) is 0 Å². The Hall–Kier alpha value is -0.540. The molecule has 1 aromatic heterocycles. The number of hydrogen-bond donors (Lipinski definition) is 1. The van der Waals surface area contributed by atoms with Gasteiger partial charge in [-0.05, 0) is 32.2 Å². The molecule has 2 aliphatic rings. The van der Waals surface area contributed by atoms with Crippen LogP contribution in [0.4, 0.5) is 0 Å². The number of nitrogens with zero attached hydrogens (tertiary/aromatic N) is 2. The topological polar surface area (TPSA) is 29.9 Å². The molecular weight excluding hydrogens is 222 g/mol. The van der Waals surface area contributed by atoms with Crippen molar-refractivity contribution in [3.05, 3.63) is 16.7 Å². The summed E-state index contributed by atoms with van der Waals surface area (Å²) in [5.41, 5.74) is 1.14. The van der Waals surface area contributed by atoms with Crippen LogP contribution in [0.5, 0.6) is 0 Å². The number of nitrogens with one attached hydrogen (secondary N) is 1. The minimum absolute atomic E-state index is 0.527. The Kier molecular flexibility index (Phi) is 2.90. The van der Waals surface area contributed by atoms with Gasteiger partial charge in [0.05, 0.1) is 5.69 Å². The fourth-order valence-corrected chi connectivity index (χ4v) is 3.19. The average molecular weight is 240 g/mol. The molecule has 16 heavy (non-hydrogen) atoms. The van der Waals surface area contributed by atoms with Crippen LogP contribution in [-0.4, -0.2) is 22.6 Å². The van der Waals surface area contributed by atoms with Gasteiger partial charge in [-0.1, -0.05) is 11.6 Å². The molecule has 0 spiro atoms. The first-order valence-corrected chi connectivity index (χ1v) is 6.69. The van der Waals surface area contributed by atoms with Crippen LogP contribution in [0.2, 0.25) is 5.15 Å². The molecule has 88 valence electrons. The van der Waals surface area contributed by atoms with E-state index in [9.17, 15) is 0 Å². The molecule has 0 aromatic carbocycles. The summed E-state index contributed by atoms with van der Waals surface area (Å²) in [5.74, 6) is 1.73. The van der Waals surface area contributed by atoms with E-state index in [0.717, 1.165) is 36.9 Å². The molecule has 3 nitrogen and oxygen atoms in total. The Labute approximate surface area is 101 Å². The zero-order valence-corrected chi connectivity index (χ0v) is 10.3. The number of aryl methyl sites for hydroxylation is 1. The normalized spacial score (nSPS) is 25.4. The van der Waals surface area contributed by atoms with Crippen molar-refractivity contribution < 1.29 is 0 Å². The number of imidazole rings is 1. The van der Waals surface area contributed by atoms with E-state index in [0.29, 0.717) is 5.92 Å². The molecule has 0 bridgehead atoms. The van der Waals surface area contributed by atoms with Crippen LogP contribution in [0.25, 0.3) is 0 Å². The van der Waals surface area contributed by atoms with Gasteiger partial charge in [-0.3, -0.25) is 0 Å². The Balaban J connectivity index is 1.91.